The van der Waals surface area contributed by atoms with Crippen LogP contribution in [0.1, 0.15) is 38.8 Å². The number of carbonyl (C=O) groups excluding carboxylic acids is 3. The van der Waals surface area contributed by atoms with Crippen LogP contribution in [0.3, 0.4) is 0 Å². The molecule has 30 heavy (non-hydrogen) atoms. The molecule has 0 spiro atoms. The molecule has 5 nitrogen and oxygen atoms in total. The Morgan fingerprint density at radius 2 is 1.33 bits per heavy atom. The molecule has 0 amide bonds. The maximum absolute atomic E-state index is 12.4. The number of Topliss-reactive ketones (excluding diaryl/α,β-unsaturated/α-hetero) is 1. The van der Waals surface area contributed by atoms with E-state index in [1.807, 2.05) is 25.1 Å². The van der Waals surface area contributed by atoms with Crippen molar-refractivity contribution in [3.63, 3.8) is 0 Å². The molecule has 0 N–H and O–H groups in total. The Labute approximate surface area is 175 Å². The molecule has 5 heteroatoms. The van der Waals surface area contributed by atoms with Crippen molar-refractivity contribution in [3.05, 3.63) is 101 Å². The minimum absolute atomic E-state index is 0.0926. The fourth-order valence-corrected chi connectivity index (χ4v) is 2.84. The maximum Gasteiger partial charge on any atom is 0.344 e. The highest BCUT2D eigenvalue weighted by atomic mass is 16.6. The largest absolute Gasteiger partial charge is 0.482 e. The SMILES string of the molecule is Cc1ccc(C(=O)[C@@H](C)OC(=O)COc2ccc(C(=O)c3ccccc3)cc2)cc1. The summed E-state index contributed by atoms with van der Waals surface area (Å²) in [7, 11) is 0. The third kappa shape index (κ3) is 5.41. The van der Waals surface area contributed by atoms with Crippen LogP contribution in [0.5, 0.6) is 5.75 Å². The van der Waals surface area contributed by atoms with Gasteiger partial charge in [0, 0.05) is 16.7 Å². The zero-order chi connectivity index (χ0) is 21.5. The van der Waals surface area contributed by atoms with Gasteiger partial charge in [0.1, 0.15) is 5.75 Å². The maximum atomic E-state index is 12.4. The molecule has 3 rings (SSSR count). The fourth-order valence-electron chi connectivity index (χ4n) is 2.84. The van der Waals surface area contributed by atoms with Crippen LogP contribution >= 0.6 is 0 Å². The summed E-state index contributed by atoms with van der Waals surface area (Å²) in [5, 5.41) is 0. The van der Waals surface area contributed by atoms with Crippen LogP contribution in [0, 0.1) is 6.92 Å². The molecule has 0 saturated heterocycles. The number of hydrogen-bond acceptors (Lipinski definition) is 5. The van der Waals surface area contributed by atoms with Gasteiger partial charge in [0.15, 0.2) is 18.5 Å². The second kappa shape index (κ2) is 9.65. The lowest BCUT2D eigenvalue weighted by Gasteiger charge is -2.13. The van der Waals surface area contributed by atoms with Gasteiger partial charge in [0.05, 0.1) is 0 Å². The number of carbonyl (C=O) groups is 3. The highest BCUT2D eigenvalue weighted by Crippen LogP contribution is 2.16. The van der Waals surface area contributed by atoms with Crippen LogP contribution in [0.25, 0.3) is 0 Å². The van der Waals surface area contributed by atoms with Crippen LogP contribution < -0.4 is 4.74 Å². The van der Waals surface area contributed by atoms with E-state index in [1.54, 1.807) is 60.7 Å². The topological polar surface area (TPSA) is 69.7 Å². The lowest BCUT2D eigenvalue weighted by Crippen LogP contribution is -2.27. The van der Waals surface area contributed by atoms with E-state index in [9.17, 15) is 14.4 Å². The zero-order valence-corrected chi connectivity index (χ0v) is 16.8. The van der Waals surface area contributed by atoms with Gasteiger partial charge in [0.2, 0.25) is 5.78 Å². The number of ketones is 2. The van der Waals surface area contributed by atoms with Gasteiger partial charge in [-0.25, -0.2) is 4.79 Å². The Bertz CT molecular complexity index is 1020. The Morgan fingerprint density at radius 1 is 0.767 bits per heavy atom. The lowest BCUT2D eigenvalue weighted by atomic mass is 10.0. The summed E-state index contributed by atoms with van der Waals surface area (Å²) in [5.74, 6) is -0.585. The summed E-state index contributed by atoms with van der Waals surface area (Å²) < 4.78 is 10.6. The van der Waals surface area contributed by atoms with Crippen molar-refractivity contribution in [2.45, 2.75) is 20.0 Å². The summed E-state index contributed by atoms with van der Waals surface area (Å²) >= 11 is 0. The number of hydrogen-bond donors (Lipinski definition) is 0. The van der Waals surface area contributed by atoms with Crippen molar-refractivity contribution in [1.82, 2.24) is 0 Å². The fraction of sp³-hybridized carbons (Fsp3) is 0.160. The highest BCUT2D eigenvalue weighted by molar-refractivity contribution is 6.09. The van der Waals surface area contributed by atoms with E-state index in [2.05, 4.69) is 0 Å². The van der Waals surface area contributed by atoms with Crippen LogP contribution in [-0.2, 0) is 9.53 Å². The van der Waals surface area contributed by atoms with Gasteiger partial charge in [-0.3, -0.25) is 9.59 Å². The van der Waals surface area contributed by atoms with Gasteiger partial charge in [-0.15, -0.1) is 0 Å². The van der Waals surface area contributed by atoms with Crippen LogP contribution in [0.2, 0.25) is 0 Å². The van der Waals surface area contributed by atoms with Crippen LogP contribution in [-0.4, -0.2) is 30.2 Å². The summed E-state index contributed by atoms with van der Waals surface area (Å²) in [6.45, 7) is 3.13. The second-order valence-electron chi connectivity index (χ2n) is 6.87. The number of rotatable bonds is 8. The van der Waals surface area contributed by atoms with Crippen molar-refractivity contribution in [2.75, 3.05) is 6.61 Å². The molecule has 0 unspecified atom stereocenters. The minimum atomic E-state index is -0.908. The number of aryl methyl sites for hydroxylation is 1. The van der Waals surface area contributed by atoms with Crippen LogP contribution in [0.15, 0.2) is 78.9 Å². The van der Waals surface area contributed by atoms with Gasteiger partial charge in [-0.1, -0.05) is 60.2 Å². The highest BCUT2D eigenvalue weighted by Gasteiger charge is 2.19. The molecule has 0 bridgehead atoms. The molecule has 0 radical (unpaired) electrons. The monoisotopic (exact) mass is 402 g/mol. The van der Waals surface area contributed by atoms with E-state index in [4.69, 9.17) is 9.47 Å². The van der Waals surface area contributed by atoms with Gasteiger partial charge in [0.25, 0.3) is 0 Å². The molecule has 3 aromatic rings. The molecule has 0 saturated carbocycles. The molecule has 0 aliphatic heterocycles. The van der Waals surface area contributed by atoms with Gasteiger partial charge in [-0.05, 0) is 38.1 Å². The number of benzene rings is 3. The Kier molecular flexibility index (Phi) is 6.75. The molecule has 0 aromatic heterocycles. The van der Waals surface area contributed by atoms with Gasteiger partial charge < -0.3 is 9.47 Å². The minimum Gasteiger partial charge on any atom is -0.482 e. The number of ether oxygens (including phenoxy) is 2. The molecule has 3 aromatic carbocycles. The van der Waals surface area contributed by atoms with Crippen LogP contribution in [0.4, 0.5) is 0 Å². The average molecular weight is 402 g/mol. The van der Waals surface area contributed by atoms with Gasteiger partial charge in [-0.2, -0.15) is 0 Å². The molecule has 1 atom stereocenters. The lowest BCUT2D eigenvalue weighted by molar-refractivity contribution is -0.148. The first-order valence-corrected chi connectivity index (χ1v) is 9.57. The van der Waals surface area contributed by atoms with E-state index in [-0.39, 0.29) is 18.2 Å². The van der Waals surface area contributed by atoms with E-state index >= 15 is 0 Å². The first-order valence-electron chi connectivity index (χ1n) is 9.57. The molecular weight excluding hydrogens is 380 g/mol. The number of esters is 1. The summed E-state index contributed by atoms with van der Waals surface area (Å²) in [5.41, 5.74) is 2.65. The summed E-state index contributed by atoms with van der Waals surface area (Å²) in [6, 6.07) is 22.5. The van der Waals surface area contributed by atoms with E-state index in [0.717, 1.165) is 5.56 Å². The average Bonchev–Trinajstić information content (AvgIpc) is 2.78. The quantitative estimate of drug-likeness (QED) is 0.412. The van der Waals surface area contributed by atoms with E-state index < -0.39 is 12.1 Å². The van der Waals surface area contributed by atoms with E-state index in [0.29, 0.717) is 22.4 Å². The molecular formula is C25H22O5. The van der Waals surface area contributed by atoms with Crippen molar-refractivity contribution >= 4 is 17.5 Å². The third-order valence-corrected chi connectivity index (χ3v) is 4.52. The first-order chi connectivity index (χ1) is 14.4. The Morgan fingerprint density at radius 3 is 1.97 bits per heavy atom. The smallest absolute Gasteiger partial charge is 0.344 e. The predicted octanol–water partition coefficient (Wildman–Crippen LogP) is 4.42. The van der Waals surface area contributed by atoms with E-state index in [1.165, 1.54) is 6.92 Å². The van der Waals surface area contributed by atoms with Crippen molar-refractivity contribution in [1.29, 1.82) is 0 Å². The normalized spacial score (nSPS) is 11.4. The van der Waals surface area contributed by atoms with Crippen molar-refractivity contribution in [2.24, 2.45) is 0 Å². The molecule has 0 heterocycles. The summed E-state index contributed by atoms with van der Waals surface area (Å²) in [4.78, 5) is 36.8. The van der Waals surface area contributed by atoms with Crippen molar-refractivity contribution in [3.8, 4) is 5.75 Å². The molecule has 0 aliphatic rings. The zero-order valence-electron chi connectivity index (χ0n) is 16.8. The third-order valence-electron chi connectivity index (χ3n) is 4.52. The Hall–Kier alpha value is -3.73. The summed E-state index contributed by atoms with van der Waals surface area (Å²) in [6.07, 6.45) is -0.908. The molecule has 152 valence electrons. The van der Waals surface area contributed by atoms with Crippen molar-refractivity contribution < 1.29 is 23.9 Å². The molecule has 0 fully saturated rings. The second-order valence-corrected chi connectivity index (χ2v) is 6.87. The standard InChI is InChI=1S/C25H22O5/c1-17-8-10-20(11-9-17)24(27)18(2)30-23(26)16-29-22-14-12-21(13-15-22)25(28)19-6-4-3-5-7-19/h3-15,18H,16H2,1-2H3/t18-/m1/s1. The predicted molar refractivity (Wildman–Crippen MR) is 113 cm³/mol. The molecule has 0 aliphatic carbocycles. The van der Waals surface area contributed by atoms with Gasteiger partial charge >= 0.3 is 5.97 Å². The first kappa shape index (κ1) is 21.0. The Balaban J connectivity index is 1.51.